The molecule has 0 bridgehead atoms. The number of amides is 1. The number of anilines is 3. The van der Waals surface area contributed by atoms with Gasteiger partial charge in [-0.3, -0.25) is 13.8 Å². The summed E-state index contributed by atoms with van der Waals surface area (Å²) in [4.78, 5) is 13.1. The van der Waals surface area contributed by atoms with Gasteiger partial charge in [0.15, 0.2) is 0 Å². The van der Waals surface area contributed by atoms with Gasteiger partial charge in [0.05, 0.1) is 31.2 Å². The maximum Gasteiger partial charge on any atom is 0.264 e. The zero-order valence-corrected chi connectivity index (χ0v) is 25.5. The lowest BCUT2D eigenvalue weighted by atomic mass is 10.1. The molecule has 0 aliphatic rings. The van der Waals surface area contributed by atoms with E-state index in [0.717, 1.165) is 15.4 Å². The Morgan fingerprint density at radius 1 is 0.780 bits per heavy atom. The van der Waals surface area contributed by atoms with Crippen LogP contribution in [0.4, 0.5) is 17.1 Å². The third kappa shape index (κ3) is 7.02. The van der Waals surface area contributed by atoms with Gasteiger partial charge in [0.1, 0.15) is 6.54 Å². The summed E-state index contributed by atoms with van der Waals surface area (Å²) in [7, 11) is -8.10. The molecule has 0 heterocycles. The molecule has 0 fully saturated rings. The molecule has 0 aromatic heterocycles. The fourth-order valence-electron chi connectivity index (χ4n) is 3.96. The monoisotopic (exact) mass is 631 g/mol. The van der Waals surface area contributed by atoms with Gasteiger partial charge in [0.2, 0.25) is 5.91 Å². The molecule has 4 aromatic rings. The minimum atomic E-state index is -4.10. The summed E-state index contributed by atoms with van der Waals surface area (Å²) in [5.41, 5.74) is 3.20. The summed E-state index contributed by atoms with van der Waals surface area (Å²) in [6, 6.07) is 21.8. The molecule has 0 atom stereocenters. The predicted molar refractivity (Wildman–Crippen MR) is 164 cm³/mol. The van der Waals surface area contributed by atoms with Gasteiger partial charge < -0.3 is 5.32 Å². The molecule has 0 spiro atoms. The number of nitrogens with zero attached hydrogens (tertiary/aromatic N) is 1. The third-order valence-electron chi connectivity index (χ3n) is 6.17. The molecule has 0 radical (unpaired) electrons. The highest BCUT2D eigenvalue weighted by Crippen LogP contribution is 2.32. The number of carbonyl (C=O) groups excluding carboxylic acids is 1. The van der Waals surface area contributed by atoms with Crippen LogP contribution in [-0.4, -0.2) is 29.3 Å². The minimum Gasteiger partial charge on any atom is -0.325 e. The average molecular weight is 633 g/mol. The van der Waals surface area contributed by atoms with Crippen LogP contribution in [0, 0.1) is 20.8 Å². The van der Waals surface area contributed by atoms with Crippen LogP contribution >= 0.6 is 23.2 Å². The van der Waals surface area contributed by atoms with Crippen molar-refractivity contribution in [3.05, 3.63) is 112 Å². The second-order valence-electron chi connectivity index (χ2n) is 9.39. The molecule has 214 valence electrons. The van der Waals surface area contributed by atoms with Crippen molar-refractivity contribution in [2.45, 2.75) is 30.6 Å². The van der Waals surface area contributed by atoms with E-state index in [9.17, 15) is 21.6 Å². The molecule has 0 saturated carbocycles. The van der Waals surface area contributed by atoms with E-state index in [2.05, 4.69) is 10.0 Å². The first kappa shape index (κ1) is 30.4. The van der Waals surface area contributed by atoms with Crippen LogP contribution in [0.1, 0.15) is 16.7 Å². The van der Waals surface area contributed by atoms with Crippen molar-refractivity contribution >= 4 is 66.2 Å². The molecule has 1 amide bonds. The zero-order chi connectivity index (χ0) is 29.9. The summed E-state index contributed by atoms with van der Waals surface area (Å²) in [5.74, 6) is -0.610. The molecule has 0 unspecified atom stereocenters. The Morgan fingerprint density at radius 2 is 1.39 bits per heavy atom. The van der Waals surface area contributed by atoms with Gasteiger partial charge in [-0.25, -0.2) is 16.8 Å². The van der Waals surface area contributed by atoms with Gasteiger partial charge in [0.25, 0.3) is 20.0 Å². The van der Waals surface area contributed by atoms with Crippen LogP contribution in [0.5, 0.6) is 0 Å². The highest BCUT2D eigenvalue weighted by atomic mass is 35.5. The average Bonchev–Trinajstić information content (AvgIpc) is 2.92. The van der Waals surface area contributed by atoms with Crippen LogP contribution < -0.4 is 14.3 Å². The second kappa shape index (κ2) is 12.1. The van der Waals surface area contributed by atoms with Crippen molar-refractivity contribution in [2.75, 3.05) is 20.9 Å². The number of rotatable bonds is 9. The standard InChI is InChI=1S/C29H27Cl2N3O5S2/c1-19-8-13-24(14-9-19)41(38,39)34(27-17-20(2)7-10-21(27)3)18-28(35)32-22-11-15-23(16-12-22)40(36,37)33-26-6-4-5-25(30)29(26)31/h4-17,33H,18H2,1-3H3,(H,32,35). The van der Waals surface area contributed by atoms with E-state index >= 15 is 0 Å². The first-order chi connectivity index (χ1) is 19.3. The summed E-state index contributed by atoms with van der Waals surface area (Å²) < 4.78 is 56.6. The van der Waals surface area contributed by atoms with E-state index < -0.39 is 32.5 Å². The highest BCUT2D eigenvalue weighted by Gasteiger charge is 2.28. The molecular weight excluding hydrogens is 605 g/mol. The molecule has 41 heavy (non-hydrogen) atoms. The largest absolute Gasteiger partial charge is 0.325 e. The lowest BCUT2D eigenvalue weighted by Crippen LogP contribution is -2.38. The van der Waals surface area contributed by atoms with Crippen LogP contribution in [0.3, 0.4) is 0 Å². The Hall–Kier alpha value is -3.57. The van der Waals surface area contributed by atoms with Gasteiger partial charge in [-0.1, -0.05) is 59.1 Å². The first-order valence-corrected chi connectivity index (χ1v) is 16.0. The van der Waals surface area contributed by atoms with Crippen molar-refractivity contribution in [3.63, 3.8) is 0 Å². The van der Waals surface area contributed by atoms with Crippen LogP contribution in [0.2, 0.25) is 10.0 Å². The van der Waals surface area contributed by atoms with E-state index in [0.29, 0.717) is 11.3 Å². The maximum absolute atomic E-state index is 13.7. The molecule has 12 heteroatoms. The number of benzene rings is 4. The van der Waals surface area contributed by atoms with Gasteiger partial charge in [-0.2, -0.15) is 0 Å². The number of hydrogen-bond donors (Lipinski definition) is 2. The number of carbonyl (C=O) groups is 1. The Labute approximate surface area is 250 Å². The van der Waals surface area contributed by atoms with Gasteiger partial charge in [-0.15, -0.1) is 0 Å². The van der Waals surface area contributed by atoms with Crippen molar-refractivity contribution in [1.82, 2.24) is 0 Å². The van der Waals surface area contributed by atoms with Crippen molar-refractivity contribution < 1.29 is 21.6 Å². The maximum atomic E-state index is 13.7. The lowest BCUT2D eigenvalue weighted by Gasteiger charge is -2.26. The van der Waals surface area contributed by atoms with E-state index in [4.69, 9.17) is 23.2 Å². The molecular formula is C29H27Cl2N3O5S2. The first-order valence-electron chi connectivity index (χ1n) is 12.3. The molecule has 0 aliphatic carbocycles. The summed E-state index contributed by atoms with van der Waals surface area (Å²) >= 11 is 12.1. The fourth-order valence-corrected chi connectivity index (χ4v) is 6.91. The minimum absolute atomic E-state index is 0.0543. The van der Waals surface area contributed by atoms with Crippen LogP contribution in [0.15, 0.2) is 94.7 Å². The van der Waals surface area contributed by atoms with Crippen molar-refractivity contribution in [2.24, 2.45) is 0 Å². The second-order valence-corrected chi connectivity index (χ2v) is 13.7. The Balaban J connectivity index is 1.57. The van der Waals surface area contributed by atoms with Crippen LogP contribution in [-0.2, 0) is 24.8 Å². The lowest BCUT2D eigenvalue weighted by molar-refractivity contribution is -0.114. The molecule has 0 aliphatic heterocycles. The normalized spacial score (nSPS) is 11.6. The number of aryl methyl sites for hydroxylation is 3. The van der Waals surface area contributed by atoms with E-state index in [1.165, 1.54) is 48.5 Å². The summed E-state index contributed by atoms with van der Waals surface area (Å²) in [6.07, 6.45) is 0. The smallest absolute Gasteiger partial charge is 0.264 e. The van der Waals surface area contributed by atoms with Crippen LogP contribution in [0.25, 0.3) is 0 Å². The van der Waals surface area contributed by atoms with Gasteiger partial charge in [-0.05, 0) is 86.5 Å². The molecule has 0 saturated heterocycles. The van der Waals surface area contributed by atoms with Gasteiger partial charge >= 0.3 is 0 Å². The Bertz CT molecular complexity index is 1810. The topological polar surface area (TPSA) is 113 Å². The summed E-state index contributed by atoms with van der Waals surface area (Å²) in [5, 5.41) is 2.92. The molecule has 4 aromatic carbocycles. The number of hydrogen-bond acceptors (Lipinski definition) is 5. The quantitative estimate of drug-likeness (QED) is 0.217. The zero-order valence-electron chi connectivity index (χ0n) is 22.4. The Kier molecular flexibility index (Phi) is 8.98. The number of nitrogens with one attached hydrogen (secondary N) is 2. The van der Waals surface area contributed by atoms with Crippen molar-refractivity contribution in [1.29, 1.82) is 0 Å². The molecule has 4 rings (SSSR count). The molecule has 8 nitrogen and oxygen atoms in total. The van der Waals surface area contributed by atoms with E-state index in [1.807, 2.05) is 19.9 Å². The van der Waals surface area contributed by atoms with E-state index in [-0.39, 0.29) is 31.2 Å². The summed E-state index contributed by atoms with van der Waals surface area (Å²) in [6.45, 7) is 4.96. The SMILES string of the molecule is Cc1ccc(S(=O)(=O)N(CC(=O)Nc2ccc(S(=O)(=O)Nc3cccc(Cl)c3Cl)cc2)c2cc(C)ccc2C)cc1. The number of sulfonamides is 2. The van der Waals surface area contributed by atoms with E-state index in [1.54, 1.807) is 37.3 Å². The Morgan fingerprint density at radius 3 is 2.05 bits per heavy atom. The number of halogens is 2. The fraction of sp³-hybridized carbons (Fsp3) is 0.138. The molecule has 2 N–H and O–H groups in total. The third-order valence-corrected chi connectivity index (χ3v) is 10.1. The predicted octanol–water partition coefficient (Wildman–Crippen LogP) is 6.55. The van der Waals surface area contributed by atoms with Gasteiger partial charge in [0, 0.05) is 5.69 Å². The van der Waals surface area contributed by atoms with Crippen molar-refractivity contribution in [3.8, 4) is 0 Å². The highest BCUT2D eigenvalue weighted by molar-refractivity contribution is 7.93.